The number of hydrogen-bond acceptors (Lipinski definition) is 2. The van der Waals surface area contributed by atoms with Gasteiger partial charge in [0.15, 0.2) is 17.5 Å². The van der Waals surface area contributed by atoms with E-state index in [1.54, 1.807) is 0 Å². The van der Waals surface area contributed by atoms with Gasteiger partial charge in [0.05, 0.1) is 6.10 Å². The third kappa shape index (κ3) is 4.07. The van der Waals surface area contributed by atoms with Gasteiger partial charge in [0.1, 0.15) is 17.0 Å². The molecule has 1 aliphatic rings. The topological polar surface area (TPSA) is 18.5 Å². The molecule has 1 heterocycles. The highest BCUT2D eigenvalue weighted by atomic mass is 27.2. The Bertz CT molecular complexity index is 754. The predicted molar refractivity (Wildman–Crippen MR) is 66.0 cm³/mol. The molecule has 0 aliphatic carbocycles. The maximum absolute atomic E-state index is 14.2. The van der Waals surface area contributed by atoms with E-state index >= 15 is 0 Å². The molecule has 0 spiro atoms. The van der Waals surface area contributed by atoms with Crippen LogP contribution in [0, 0.1) is 23.4 Å². The normalized spacial score (nSPS) is 24.2. The fourth-order valence-electron chi connectivity index (χ4n) is 2.75. The van der Waals surface area contributed by atoms with Crippen LogP contribution in [0.4, 0.5) is 52.7 Å². The molecule has 1 aliphatic heterocycles. The highest BCUT2D eigenvalue weighted by Gasteiger charge is 2.56. The second-order valence-electron chi connectivity index (χ2n) is 5.66. The molecule has 28 heavy (non-hydrogen) atoms. The van der Waals surface area contributed by atoms with Crippen LogP contribution in [0.15, 0.2) is 0 Å². The van der Waals surface area contributed by atoms with Crippen LogP contribution in [0.3, 0.4) is 0 Å². The lowest BCUT2D eigenvalue weighted by Gasteiger charge is -2.39. The highest BCUT2D eigenvalue weighted by molar-refractivity contribution is 6.18. The lowest BCUT2D eigenvalue weighted by Crippen LogP contribution is -2.46. The average molecular weight is 449 g/mol. The van der Waals surface area contributed by atoms with E-state index in [9.17, 15) is 52.7 Å². The molecule has 1 radical (unpaired) electrons. The summed E-state index contributed by atoms with van der Waals surface area (Å²) in [6.07, 6.45) is -22.5. The zero-order chi connectivity index (χ0) is 21.8. The monoisotopic (exact) mass is 449 g/mol. The molecule has 2 nitrogen and oxygen atoms in total. The van der Waals surface area contributed by atoms with Crippen LogP contribution in [-0.4, -0.2) is 28.2 Å². The second-order valence-corrected chi connectivity index (χ2v) is 6.40. The Morgan fingerprint density at radius 2 is 1.21 bits per heavy atom. The Morgan fingerprint density at radius 3 is 1.64 bits per heavy atom. The van der Waals surface area contributed by atoms with Crippen molar-refractivity contribution < 1.29 is 60.3 Å². The molecule has 3 atom stereocenters. The molecular formula is C13H6AlF12O2. The van der Waals surface area contributed by atoms with E-state index in [1.165, 1.54) is 0 Å². The van der Waals surface area contributed by atoms with Crippen LogP contribution in [-0.2, 0) is 19.9 Å². The first-order valence-corrected chi connectivity index (χ1v) is 7.97. The van der Waals surface area contributed by atoms with E-state index in [2.05, 4.69) is 7.58 Å². The summed E-state index contributed by atoms with van der Waals surface area (Å²) in [5.74, 6) is -12.4. The molecule has 0 saturated carbocycles. The second kappa shape index (κ2) is 7.26. The Balaban J connectivity index is 2.90. The minimum Gasteiger partial charge on any atom is -0.481 e. The summed E-state index contributed by atoms with van der Waals surface area (Å²) in [6, 6.07) is 0. The largest absolute Gasteiger partial charge is 0.668 e. The molecule has 0 N–H and O–H groups in total. The predicted octanol–water partition coefficient (Wildman–Crippen LogP) is 5.33. The van der Waals surface area contributed by atoms with Crippen LogP contribution in [0.2, 0.25) is 0 Å². The maximum Gasteiger partial charge on any atom is 0.668 e. The number of hydrogen-bond donors (Lipinski definition) is 0. The summed E-state index contributed by atoms with van der Waals surface area (Å²) in [5.41, 5.74) is -8.57. The fourth-order valence-corrected chi connectivity index (χ4v) is 3.58. The van der Waals surface area contributed by atoms with Gasteiger partial charge >= 0.3 is 34.4 Å². The van der Waals surface area contributed by atoms with Gasteiger partial charge in [-0.25, -0.2) is 13.2 Å². The third-order valence-electron chi connectivity index (χ3n) is 3.89. The first-order valence-electron chi connectivity index (χ1n) is 7.03. The Morgan fingerprint density at radius 1 is 0.714 bits per heavy atom. The molecule has 1 aromatic carbocycles. The molecular weight excluding hydrogens is 443 g/mol. The van der Waals surface area contributed by atoms with E-state index in [0.717, 1.165) is 6.92 Å². The van der Waals surface area contributed by atoms with Crippen molar-refractivity contribution in [3.05, 3.63) is 34.1 Å². The van der Waals surface area contributed by atoms with Crippen molar-refractivity contribution in [2.45, 2.75) is 37.7 Å². The van der Waals surface area contributed by atoms with Gasteiger partial charge in [-0.1, -0.05) is 0 Å². The van der Waals surface area contributed by atoms with Gasteiger partial charge in [-0.05, 0) is 6.92 Å². The lowest BCUT2D eigenvalue weighted by molar-refractivity contribution is -0.234. The van der Waals surface area contributed by atoms with Crippen LogP contribution in [0.25, 0.3) is 0 Å². The van der Waals surface area contributed by atoms with Crippen molar-refractivity contribution in [1.29, 1.82) is 0 Å². The van der Waals surface area contributed by atoms with Gasteiger partial charge in [0.25, 0.3) is 0 Å². The van der Waals surface area contributed by atoms with Crippen molar-refractivity contribution in [2.75, 3.05) is 0 Å². The Labute approximate surface area is 154 Å². The van der Waals surface area contributed by atoms with Gasteiger partial charge in [0, 0.05) is 11.7 Å². The maximum atomic E-state index is 14.2. The van der Waals surface area contributed by atoms with E-state index in [1.807, 2.05) is 0 Å². The molecule has 1 aromatic rings. The first kappa shape index (κ1) is 23.1. The van der Waals surface area contributed by atoms with Crippen LogP contribution >= 0.6 is 0 Å². The standard InChI is InChI=1S/C13H6F12O2.Al/c1-2(26)4(11(17,18)19)10(27)3-5(12(20,21)22)8(15)6(13(23,24)25)9(16)7(3)14;/h2,4,10H,1H3;/q-2;+2. The Hall–Kier alpha value is -1.17. The number of benzene rings is 1. The van der Waals surface area contributed by atoms with E-state index in [4.69, 9.17) is 0 Å². The van der Waals surface area contributed by atoms with E-state index in [0.29, 0.717) is 0 Å². The molecule has 3 unspecified atom stereocenters. The zero-order valence-electron chi connectivity index (χ0n) is 13.2. The van der Waals surface area contributed by atoms with Crippen molar-refractivity contribution in [3.8, 4) is 0 Å². The van der Waals surface area contributed by atoms with E-state index in [-0.39, 0.29) is 0 Å². The number of halogens is 12. The summed E-state index contributed by atoms with van der Waals surface area (Å²) >= 11 is -1.93. The SMILES string of the molecule is CC1[O][Al][O]C(c2c(F)c(F)c(C(F)(F)F)c(F)c2C(F)(F)F)C1C(F)(F)F. The molecule has 0 aromatic heterocycles. The summed E-state index contributed by atoms with van der Waals surface area (Å²) < 4.78 is 168. The fraction of sp³-hybridized carbons (Fsp3) is 0.538. The van der Waals surface area contributed by atoms with Gasteiger partial charge in [-0.2, -0.15) is 39.5 Å². The third-order valence-corrected chi connectivity index (χ3v) is 4.84. The molecule has 157 valence electrons. The minimum absolute atomic E-state index is 0.739. The smallest absolute Gasteiger partial charge is 0.481 e. The molecule has 1 fully saturated rings. The lowest BCUT2D eigenvalue weighted by atomic mass is 9.86. The van der Waals surface area contributed by atoms with Crippen molar-refractivity contribution >= 4 is 15.9 Å². The Kier molecular flexibility index (Phi) is 6.00. The van der Waals surface area contributed by atoms with Gasteiger partial charge in [-0.15, -0.1) is 0 Å². The van der Waals surface area contributed by atoms with Crippen molar-refractivity contribution in [3.63, 3.8) is 0 Å². The van der Waals surface area contributed by atoms with Gasteiger partial charge in [-0.3, -0.25) is 0 Å². The molecule has 1 saturated heterocycles. The summed E-state index contributed by atoms with van der Waals surface area (Å²) in [6.45, 7) is 0.739. The summed E-state index contributed by atoms with van der Waals surface area (Å²) in [5, 5.41) is 0. The first-order chi connectivity index (χ1) is 12.5. The quantitative estimate of drug-likeness (QED) is 0.328. The molecule has 0 bridgehead atoms. The zero-order valence-corrected chi connectivity index (χ0v) is 14.3. The van der Waals surface area contributed by atoms with Gasteiger partial charge in [0.2, 0.25) is 0 Å². The van der Waals surface area contributed by atoms with Crippen LogP contribution in [0.1, 0.15) is 29.7 Å². The molecule has 2 rings (SSSR count). The minimum atomic E-state index is -6.09. The van der Waals surface area contributed by atoms with E-state index < -0.39 is 86.7 Å². The molecule has 0 amide bonds. The van der Waals surface area contributed by atoms with Crippen LogP contribution < -0.4 is 0 Å². The van der Waals surface area contributed by atoms with Crippen LogP contribution in [0.5, 0.6) is 0 Å². The number of rotatable bonds is 1. The molecule has 15 heteroatoms. The average Bonchev–Trinajstić information content (AvgIpc) is 2.46. The summed E-state index contributed by atoms with van der Waals surface area (Å²) in [4.78, 5) is 0. The van der Waals surface area contributed by atoms with Crippen molar-refractivity contribution in [2.24, 2.45) is 5.92 Å². The highest BCUT2D eigenvalue weighted by Crippen LogP contribution is 2.50. The van der Waals surface area contributed by atoms with Gasteiger partial charge < -0.3 is 7.58 Å². The number of alkyl halides is 9. The van der Waals surface area contributed by atoms with Crippen molar-refractivity contribution in [1.82, 2.24) is 0 Å². The summed E-state index contributed by atoms with van der Waals surface area (Å²) in [7, 11) is 0.